The molecule has 1 fully saturated rings. The highest BCUT2D eigenvalue weighted by molar-refractivity contribution is 5.97. The van der Waals surface area contributed by atoms with Crippen LogP contribution in [0.5, 0.6) is 5.75 Å². The molecule has 1 aromatic heterocycles. The van der Waals surface area contributed by atoms with Crippen LogP contribution in [0.15, 0.2) is 77.2 Å². The molecule has 1 aliphatic carbocycles. The monoisotopic (exact) mass is 551 g/mol. The number of carbonyl (C=O) groups excluding carboxylic acids is 1. The molecule has 41 heavy (non-hydrogen) atoms. The van der Waals surface area contributed by atoms with Crippen molar-refractivity contribution in [3.8, 4) is 17.2 Å². The van der Waals surface area contributed by atoms with Crippen LogP contribution in [0.1, 0.15) is 63.3 Å². The third kappa shape index (κ3) is 5.60. The van der Waals surface area contributed by atoms with Gasteiger partial charge in [0.25, 0.3) is 5.91 Å². The number of rotatable bonds is 9. The molecule has 1 amide bonds. The van der Waals surface area contributed by atoms with Gasteiger partial charge in [-0.15, -0.1) is 0 Å². The fourth-order valence-corrected chi connectivity index (χ4v) is 6.02. The molecule has 2 heterocycles. The Labute approximate surface area is 238 Å². The van der Waals surface area contributed by atoms with Crippen LogP contribution in [0.25, 0.3) is 11.5 Å². The molecule has 3 aromatic carbocycles. The second-order valence-corrected chi connectivity index (χ2v) is 10.7. The maximum Gasteiger partial charge on any atom is 0.321 e. The number of carboxylic acids is 1. The van der Waals surface area contributed by atoms with E-state index < -0.39 is 12.0 Å². The molecular weight excluding hydrogens is 518 g/mol. The Bertz CT molecular complexity index is 1560. The van der Waals surface area contributed by atoms with Crippen molar-refractivity contribution in [2.24, 2.45) is 0 Å². The minimum absolute atomic E-state index is 0.0814. The standard InChI is InChI=1S/C33H33N3O5/c1-20-28(36-32(41-20)22-8-3-2-4-9-22)16-18-40-23-12-13-25(26-15-17-34-30(26)33(38)39)27(19-23)31(37)35-29-14-11-21-7-5-6-10-24(21)29/h2-10,12-13,19,26,29-30,34H,11,14-18H2,1H3,(H,35,37)(H,38,39)/t26?,29?,30-/m0/s1. The van der Waals surface area contributed by atoms with Crippen LogP contribution >= 0.6 is 0 Å². The van der Waals surface area contributed by atoms with Crippen molar-refractivity contribution in [3.63, 3.8) is 0 Å². The van der Waals surface area contributed by atoms with Crippen LogP contribution in [-0.2, 0) is 17.6 Å². The lowest BCUT2D eigenvalue weighted by Gasteiger charge is -2.22. The normalized spacial score (nSPS) is 19.6. The summed E-state index contributed by atoms with van der Waals surface area (Å²) in [6.45, 7) is 2.82. The number of fused-ring (bicyclic) bond motifs is 1. The van der Waals surface area contributed by atoms with Crippen molar-refractivity contribution < 1.29 is 23.8 Å². The number of nitrogens with zero attached hydrogens (tertiary/aromatic N) is 1. The van der Waals surface area contributed by atoms with E-state index in [1.54, 1.807) is 6.07 Å². The molecule has 0 radical (unpaired) electrons. The number of hydrogen-bond acceptors (Lipinski definition) is 6. The van der Waals surface area contributed by atoms with Crippen molar-refractivity contribution in [1.82, 2.24) is 15.6 Å². The van der Waals surface area contributed by atoms with Gasteiger partial charge in [0.05, 0.1) is 18.3 Å². The Balaban J connectivity index is 1.21. The van der Waals surface area contributed by atoms with Crippen LogP contribution in [0.4, 0.5) is 0 Å². The van der Waals surface area contributed by atoms with Gasteiger partial charge in [-0.25, -0.2) is 4.98 Å². The fourth-order valence-electron chi connectivity index (χ4n) is 6.02. The quantitative estimate of drug-likeness (QED) is 0.261. The molecule has 2 unspecified atom stereocenters. The molecule has 1 saturated heterocycles. The molecule has 0 saturated carbocycles. The molecule has 8 heteroatoms. The fraction of sp³-hybridized carbons (Fsp3) is 0.303. The molecule has 1 aliphatic heterocycles. The molecule has 2 aliphatic rings. The van der Waals surface area contributed by atoms with E-state index in [0.29, 0.717) is 43.2 Å². The first-order valence-electron chi connectivity index (χ1n) is 14.1. The van der Waals surface area contributed by atoms with Gasteiger partial charge < -0.3 is 24.9 Å². The zero-order valence-corrected chi connectivity index (χ0v) is 22.9. The highest BCUT2D eigenvalue weighted by Gasteiger charge is 2.36. The van der Waals surface area contributed by atoms with Gasteiger partial charge in [0.15, 0.2) is 0 Å². The predicted molar refractivity (Wildman–Crippen MR) is 154 cm³/mol. The molecule has 0 spiro atoms. The minimum Gasteiger partial charge on any atom is -0.493 e. The van der Waals surface area contributed by atoms with Gasteiger partial charge in [-0.2, -0.15) is 0 Å². The largest absolute Gasteiger partial charge is 0.493 e. The van der Waals surface area contributed by atoms with Gasteiger partial charge in [-0.3, -0.25) is 9.59 Å². The number of oxazole rings is 1. The predicted octanol–water partition coefficient (Wildman–Crippen LogP) is 5.22. The van der Waals surface area contributed by atoms with Gasteiger partial charge in [0, 0.05) is 23.5 Å². The van der Waals surface area contributed by atoms with Crippen molar-refractivity contribution in [3.05, 3.63) is 107 Å². The lowest BCUT2D eigenvalue weighted by atomic mass is 9.87. The van der Waals surface area contributed by atoms with E-state index in [-0.39, 0.29) is 17.9 Å². The van der Waals surface area contributed by atoms with Crippen molar-refractivity contribution in [2.75, 3.05) is 13.2 Å². The van der Waals surface area contributed by atoms with Crippen LogP contribution < -0.4 is 15.4 Å². The maximum atomic E-state index is 13.7. The summed E-state index contributed by atoms with van der Waals surface area (Å²) in [5.74, 6) is 0.423. The maximum absolute atomic E-state index is 13.7. The van der Waals surface area contributed by atoms with E-state index in [1.165, 1.54) is 5.56 Å². The Morgan fingerprint density at radius 1 is 1.05 bits per heavy atom. The van der Waals surface area contributed by atoms with Gasteiger partial charge in [-0.1, -0.05) is 48.5 Å². The van der Waals surface area contributed by atoms with E-state index in [1.807, 2.05) is 61.5 Å². The molecule has 8 nitrogen and oxygen atoms in total. The number of carboxylic acid groups (broad SMARTS) is 1. The number of ether oxygens (including phenoxy) is 1. The molecule has 3 atom stereocenters. The minimum atomic E-state index is -0.915. The molecule has 3 N–H and O–H groups in total. The van der Waals surface area contributed by atoms with Gasteiger partial charge in [0.2, 0.25) is 5.89 Å². The van der Waals surface area contributed by atoms with Crippen LogP contribution in [0.2, 0.25) is 0 Å². The van der Waals surface area contributed by atoms with Gasteiger partial charge in [0.1, 0.15) is 17.6 Å². The second-order valence-electron chi connectivity index (χ2n) is 10.7. The summed E-state index contributed by atoms with van der Waals surface area (Å²) in [5, 5.41) is 16.1. The zero-order chi connectivity index (χ0) is 28.3. The van der Waals surface area contributed by atoms with Crippen LogP contribution in [0.3, 0.4) is 0 Å². The van der Waals surface area contributed by atoms with Crippen molar-refractivity contribution in [2.45, 2.75) is 50.6 Å². The van der Waals surface area contributed by atoms with Gasteiger partial charge >= 0.3 is 5.97 Å². The van der Waals surface area contributed by atoms with E-state index >= 15 is 0 Å². The summed E-state index contributed by atoms with van der Waals surface area (Å²) in [4.78, 5) is 30.3. The summed E-state index contributed by atoms with van der Waals surface area (Å²) >= 11 is 0. The Kier molecular flexibility index (Phi) is 7.57. The lowest BCUT2D eigenvalue weighted by Crippen LogP contribution is -2.35. The number of aromatic nitrogens is 1. The number of aryl methyl sites for hydroxylation is 2. The number of amides is 1. The summed E-state index contributed by atoms with van der Waals surface area (Å²) in [5.41, 5.74) is 5.30. The molecule has 6 rings (SSSR count). The topological polar surface area (TPSA) is 114 Å². The van der Waals surface area contributed by atoms with E-state index in [0.717, 1.165) is 41.0 Å². The number of aliphatic carboxylic acids is 1. The first kappa shape index (κ1) is 26.8. The second kappa shape index (κ2) is 11.6. The third-order valence-corrected chi connectivity index (χ3v) is 8.12. The number of nitrogens with one attached hydrogen (secondary N) is 2. The third-order valence-electron chi connectivity index (χ3n) is 8.12. The average Bonchev–Trinajstić information content (AvgIpc) is 3.73. The summed E-state index contributed by atoms with van der Waals surface area (Å²) in [7, 11) is 0. The molecule has 210 valence electrons. The number of carbonyl (C=O) groups is 2. The SMILES string of the molecule is Cc1oc(-c2ccccc2)nc1CCOc1ccc(C2CCN[C@@H]2C(=O)O)c(C(=O)NC2CCc3ccccc32)c1. The highest BCUT2D eigenvalue weighted by atomic mass is 16.5. The van der Waals surface area contributed by atoms with Crippen LogP contribution in [0, 0.1) is 6.92 Å². The first-order valence-corrected chi connectivity index (χ1v) is 14.1. The van der Waals surface area contributed by atoms with Crippen LogP contribution in [-0.4, -0.2) is 41.2 Å². The van der Waals surface area contributed by atoms with Gasteiger partial charge in [-0.05, 0) is 73.7 Å². The summed E-state index contributed by atoms with van der Waals surface area (Å²) < 4.78 is 12.0. The Hall–Kier alpha value is -4.43. The van der Waals surface area contributed by atoms with E-state index in [2.05, 4.69) is 27.8 Å². The molecule has 4 aromatic rings. The lowest BCUT2D eigenvalue weighted by molar-refractivity contribution is -0.139. The highest BCUT2D eigenvalue weighted by Crippen LogP contribution is 2.35. The number of benzene rings is 3. The van der Waals surface area contributed by atoms with E-state index in [4.69, 9.17) is 9.15 Å². The average molecular weight is 552 g/mol. The van der Waals surface area contributed by atoms with E-state index in [9.17, 15) is 14.7 Å². The Morgan fingerprint density at radius 3 is 2.68 bits per heavy atom. The smallest absolute Gasteiger partial charge is 0.321 e. The molecular formula is C33H33N3O5. The zero-order valence-electron chi connectivity index (χ0n) is 22.9. The molecule has 0 bridgehead atoms. The number of hydrogen-bond donors (Lipinski definition) is 3. The Morgan fingerprint density at radius 2 is 1.85 bits per heavy atom. The van der Waals surface area contributed by atoms with Crippen molar-refractivity contribution in [1.29, 1.82) is 0 Å². The summed E-state index contributed by atoms with van der Waals surface area (Å²) in [6.07, 6.45) is 2.93. The summed E-state index contributed by atoms with van der Waals surface area (Å²) in [6, 6.07) is 22.5. The first-order chi connectivity index (χ1) is 20.0. The van der Waals surface area contributed by atoms with Crippen molar-refractivity contribution >= 4 is 11.9 Å².